The fraction of sp³-hybridized carbons (Fsp3) is 0.188. The Morgan fingerprint density at radius 2 is 1.88 bits per heavy atom. The second-order valence-corrected chi connectivity index (χ2v) is 5.50. The normalized spacial score (nSPS) is 11.9. The SMILES string of the molecule is CC(NC(=O)c1ccc(Cl)cc1[N+](=O)[O-])c1ccc(OC(F)F)cc1. The molecular formula is C16H13ClF2N2O4. The highest BCUT2D eigenvalue weighted by Gasteiger charge is 2.22. The summed E-state index contributed by atoms with van der Waals surface area (Å²) in [5.74, 6) is -0.658. The molecule has 0 bridgehead atoms. The third-order valence-corrected chi connectivity index (χ3v) is 3.59. The molecular weight excluding hydrogens is 358 g/mol. The zero-order chi connectivity index (χ0) is 18.6. The second kappa shape index (κ2) is 7.89. The van der Waals surface area contributed by atoms with Crippen molar-refractivity contribution in [3.05, 3.63) is 68.7 Å². The maximum absolute atomic E-state index is 12.3. The smallest absolute Gasteiger partial charge is 0.387 e. The number of nitro benzene ring substituents is 1. The number of alkyl halides is 2. The first kappa shape index (κ1) is 18.6. The van der Waals surface area contributed by atoms with Gasteiger partial charge in [-0.1, -0.05) is 23.7 Å². The average Bonchev–Trinajstić information content (AvgIpc) is 2.54. The van der Waals surface area contributed by atoms with Crippen LogP contribution in [0.1, 0.15) is 28.9 Å². The summed E-state index contributed by atoms with van der Waals surface area (Å²) in [5.41, 5.74) is 0.0865. The van der Waals surface area contributed by atoms with E-state index in [1.807, 2.05) is 0 Å². The van der Waals surface area contributed by atoms with Gasteiger partial charge >= 0.3 is 6.61 Å². The zero-order valence-corrected chi connectivity index (χ0v) is 13.7. The lowest BCUT2D eigenvalue weighted by molar-refractivity contribution is -0.385. The van der Waals surface area contributed by atoms with E-state index in [-0.39, 0.29) is 16.3 Å². The number of rotatable bonds is 6. The summed E-state index contributed by atoms with van der Waals surface area (Å²) in [6.45, 7) is -1.27. The minimum absolute atomic E-state index is 0.00869. The highest BCUT2D eigenvalue weighted by atomic mass is 35.5. The third kappa shape index (κ3) is 4.87. The first-order valence-electron chi connectivity index (χ1n) is 7.07. The number of nitrogens with zero attached hydrogens (tertiary/aromatic N) is 1. The Morgan fingerprint density at radius 3 is 2.44 bits per heavy atom. The summed E-state index contributed by atoms with van der Waals surface area (Å²) in [6.07, 6.45) is 0. The van der Waals surface area contributed by atoms with E-state index in [0.717, 1.165) is 6.07 Å². The molecule has 9 heteroatoms. The van der Waals surface area contributed by atoms with Crippen LogP contribution in [0.25, 0.3) is 0 Å². The van der Waals surface area contributed by atoms with Gasteiger partial charge in [-0.15, -0.1) is 0 Å². The van der Waals surface area contributed by atoms with Crippen molar-refractivity contribution in [1.29, 1.82) is 0 Å². The lowest BCUT2D eigenvalue weighted by Crippen LogP contribution is -2.27. The molecule has 0 aliphatic rings. The van der Waals surface area contributed by atoms with Gasteiger partial charge in [-0.3, -0.25) is 14.9 Å². The van der Waals surface area contributed by atoms with Crippen molar-refractivity contribution >= 4 is 23.2 Å². The quantitative estimate of drug-likeness (QED) is 0.605. The molecule has 1 atom stereocenters. The van der Waals surface area contributed by atoms with Gasteiger partial charge in [0, 0.05) is 11.1 Å². The van der Waals surface area contributed by atoms with E-state index in [4.69, 9.17) is 11.6 Å². The lowest BCUT2D eigenvalue weighted by Gasteiger charge is -2.15. The molecule has 6 nitrogen and oxygen atoms in total. The van der Waals surface area contributed by atoms with Crippen LogP contribution in [0.5, 0.6) is 5.75 Å². The predicted octanol–water partition coefficient (Wildman–Crippen LogP) is 4.34. The number of hydrogen-bond acceptors (Lipinski definition) is 4. The van der Waals surface area contributed by atoms with Gasteiger partial charge in [0.05, 0.1) is 11.0 Å². The Kier molecular flexibility index (Phi) is 5.87. The third-order valence-electron chi connectivity index (χ3n) is 3.35. The van der Waals surface area contributed by atoms with E-state index < -0.39 is 29.2 Å². The average molecular weight is 371 g/mol. The summed E-state index contributed by atoms with van der Waals surface area (Å²) < 4.78 is 28.5. The van der Waals surface area contributed by atoms with Crippen molar-refractivity contribution in [3.63, 3.8) is 0 Å². The number of hydrogen-bond donors (Lipinski definition) is 1. The second-order valence-electron chi connectivity index (χ2n) is 5.06. The maximum Gasteiger partial charge on any atom is 0.387 e. The molecule has 0 fully saturated rings. The number of halogens is 3. The topological polar surface area (TPSA) is 81.5 Å². The van der Waals surface area contributed by atoms with E-state index in [1.165, 1.54) is 36.4 Å². The first-order valence-corrected chi connectivity index (χ1v) is 7.45. The van der Waals surface area contributed by atoms with Gasteiger partial charge in [0.15, 0.2) is 0 Å². The number of amides is 1. The highest BCUT2D eigenvalue weighted by molar-refractivity contribution is 6.31. The minimum Gasteiger partial charge on any atom is -0.435 e. The molecule has 0 saturated heterocycles. The van der Waals surface area contributed by atoms with E-state index >= 15 is 0 Å². The molecule has 0 aliphatic heterocycles. The molecule has 1 N–H and O–H groups in total. The van der Waals surface area contributed by atoms with E-state index in [2.05, 4.69) is 10.1 Å². The highest BCUT2D eigenvalue weighted by Crippen LogP contribution is 2.24. The molecule has 0 aliphatic carbocycles. The van der Waals surface area contributed by atoms with Crippen LogP contribution >= 0.6 is 11.6 Å². The lowest BCUT2D eigenvalue weighted by atomic mass is 10.1. The maximum atomic E-state index is 12.3. The summed E-state index contributed by atoms with van der Waals surface area (Å²) in [6, 6.07) is 8.94. The number of nitrogens with one attached hydrogen (secondary N) is 1. The van der Waals surface area contributed by atoms with Crippen LogP contribution in [-0.2, 0) is 0 Å². The summed E-state index contributed by atoms with van der Waals surface area (Å²) >= 11 is 5.72. The van der Waals surface area contributed by atoms with Gasteiger partial charge < -0.3 is 10.1 Å². The molecule has 0 aromatic heterocycles. The van der Waals surface area contributed by atoms with E-state index in [1.54, 1.807) is 6.92 Å². The van der Waals surface area contributed by atoms with Crippen LogP contribution in [0.3, 0.4) is 0 Å². The zero-order valence-electron chi connectivity index (χ0n) is 12.9. The molecule has 132 valence electrons. The number of nitro groups is 1. The van der Waals surface area contributed by atoms with Crippen molar-refractivity contribution in [1.82, 2.24) is 5.32 Å². The summed E-state index contributed by atoms with van der Waals surface area (Å²) in [4.78, 5) is 22.7. The van der Waals surface area contributed by atoms with Crippen LogP contribution in [0.15, 0.2) is 42.5 Å². The largest absolute Gasteiger partial charge is 0.435 e. The van der Waals surface area contributed by atoms with Gasteiger partial charge in [-0.2, -0.15) is 8.78 Å². The number of carbonyl (C=O) groups excluding carboxylic acids is 1. The minimum atomic E-state index is -2.92. The predicted molar refractivity (Wildman–Crippen MR) is 87.1 cm³/mol. The van der Waals surface area contributed by atoms with E-state index in [0.29, 0.717) is 5.56 Å². The van der Waals surface area contributed by atoms with Crippen molar-refractivity contribution in [2.45, 2.75) is 19.6 Å². The van der Waals surface area contributed by atoms with Gasteiger partial charge in [-0.05, 0) is 36.8 Å². The van der Waals surface area contributed by atoms with Gasteiger partial charge in [-0.25, -0.2) is 0 Å². The van der Waals surface area contributed by atoms with Gasteiger partial charge in [0.1, 0.15) is 11.3 Å². The molecule has 0 heterocycles. The fourth-order valence-corrected chi connectivity index (χ4v) is 2.31. The molecule has 1 amide bonds. The molecule has 2 aromatic rings. The van der Waals surface area contributed by atoms with Crippen LogP contribution in [0.2, 0.25) is 5.02 Å². The summed E-state index contributed by atoms with van der Waals surface area (Å²) in [5, 5.41) is 13.8. The van der Waals surface area contributed by atoms with Crippen molar-refractivity contribution in [3.8, 4) is 5.75 Å². The molecule has 0 spiro atoms. The van der Waals surface area contributed by atoms with Crippen LogP contribution in [-0.4, -0.2) is 17.4 Å². The number of benzene rings is 2. The van der Waals surface area contributed by atoms with Gasteiger partial charge in [0.25, 0.3) is 11.6 Å². The van der Waals surface area contributed by atoms with Crippen molar-refractivity contribution < 1.29 is 23.2 Å². The molecule has 25 heavy (non-hydrogen) atoms. The molecule has 1 unspecified atom stereocenters. The van der Waals surface area contributed by atoms with Crippen molar-refractivity contribution in [2.24, 2.45) is 0 Å². The number of carbonyl (C=O) groups is 1. The van der Waals surface area contributed by atoms with Crippen LogP contribution in [0, 0.1) is 10.1 Å². The van der Waals surface area contributed by atoms with Gasteiger partial charge in [0.2, 0.25) is 0 Å². The Morgan fingerprint density at radius 1 is 1.24 bits per heavy atom. The van der Waals surface area contributed by atoms with Crippen molar-refractivity contribution in [2.75, 3.05) is 0 Å². The molecule has 2 rings (SSSR count). The fourth-order valence-electron chi connectivity index (χ4n) is 2.14. The molecule has 0 saturated carbocycles. The monoisotopic (exact) mass is 370 g/mol. The van der Waals surface area contributed by atoms with E-state index in [9.17, 15) is 23.7 Å². The first-order chi connectivity index (χ1) is 11.8. The van der Waals surface area contributed by atoms with Crippen LogP contribution in [0.4, 0.5) is 14.5 Å². The number of ether oxygens (including phenoxy) is 1. The Labute approximate surface area is 146 Å². The van der Waals surface area contributed by atoms with Crippen LogP contribution < -0.4 is 10.1 Å². The molecule has 2 aromatic carbocycles. The Bertz CT molecular complexity index is 784. The standard InChI is InChI=1S/C16H13ClF2N2O4/c1-9(10-2-5-12(6-3-10)25-16(18)19)20-15(22)13-7-4-11(17)8-14(13)21(23)24/h2-9,16H,1H3,(H,20,22). The summed E-state index contributed by atoms with van der Waals surface area (Å²) in [7, 11) is 0. The Hall–Kier alpha value is -2.74. The molecule has 0 radical (unpaired) electrons. The Balaban J connectivity index is 2.14.